The summed E-state index contributed by atoms with van der Waals surface area (Å²) in [7, 11) is 1.66. The molecule has 0 radical (unpaired) electrons. The molecule has 0 spiro atoms. The van der Waals surface area contributed by atoms with Crippen LogP contribution in [0.2, 0.25) is 0 Å². The Morgan fingerprint density at radius 1 is 1.42 bits per heavy atom. The van der Waals surface area contributed by atoms with Crippen LogP contribution in [-0.4, -0.2) is 47.9 Å². The number of ether oxygens (including phenoxy) is 1. The summed E-state index contributed by atoms with van der Waals surface area (Å²) in [6.45, 7) is 7.01. The SMILES string of the molecule is COc1ccc(CC(C)CNC(=O)N2CCCC2C(C)(C)O)cc1. The number of carbonyl (C=O) groups excluding carboxylic acids is 1. The number of benzene rings is 1. The molecule has 0 aliphatic carbocycles. The second-order valence-corrected chi connectivity index (χ2v) is 7.35. The predicted octanol–water partition coefficient (Wildman–Crippen LogP) is 2.82. The van der Waals surface area contributed by atoms with Crippen molar-refractivity contribution in [3.63, 3.8) is 0 Å². The summed E-state index contributed by atoms with van der Waals surface area (Å²) in [5.41, 5.74) is 0.371. The van der Waals surface area contributed by atoms with E-state index in [-0.39, 0.29) is 12.1 Å². The van der Waals surface area contributed by atoms with E-state index in [1.165, 1.54) is 5.56 Å². The molecule has 1 saturated heterocycles. The second kappa shape index (κ2) is 7.88. The Morgan fingerprint density at radius 3 is 2.67 bits per heavy atom. The molecule has 5 nitrogen and oxygen atoms in total. The molecule has 0 bridgehead atoms. The number of hydrogen-bond acceptors (Lipinski definition) is 3. The molecule has 2 unspecified atom stereocenters. The first-order valence-corrected chi connectivity index (χ1v) is 8.71. The van der Waals surface area contributed by atoms with Gasteiger partial charge in [0.15, 0.2) is 0 Å². The minimum Gasteiger partial charge on any atom is -0.497 e. The molecule has 24 heavy (non-hydrogen) atoms. The van der Waals surface area contributed by atoms with Gasteiger partial charge in [-0.3, -0.25) is 0 Å². The van der Waals surface area contributed by atoms with Crippen LogP contribution in [0.1, 0.15) is 39.2 Å². The van der Waals surface area contributed by atoms with E-state index in [2.05, 4.69) is 24.4 Å². The molecular formula is C19H30N2O3. The lowest BCUT2D eigenvalue weighted by Gasteiger charge is -2.34. The van der Waals surface area contributed by atoms with Crippen molar-refractivity contribution in [1.82, 2.24) is 10.2 Å². The van der Waals surface area contributed by atoms with Gasteiger partial charge in [-0.2, -0.15) is 0 Å². The minimum absolute atomic E-state index is 0.0683. The van der Waals surface area contributed by atoms with Crippen LogP contribution in [-0.2, 0) is 6.42 Å². The standard InChI is InChI=1S/C19H30N2O3/c1-14(12-15-7-9-16(24-4)10-8-15)13-20-18(22)21-11-5-6-17(21)19(2,3)23/h7-10,14,17,23H,5-6,11-13H2,1-4H3,(H,20,22). The first kappa shape index (κ1) is 18.6. The van der Waals surface area contributed by atoms with Crippen molar-refractivity contribution < 1.29 is 14.6 Å². The van der Waals surface area contributed by atoms with Crippen molar-refractivity contribution in [2.75, 3.05) is 20.2 Å². The molecule has 1 aliphatic heterocycles. The van der Waals surface area contributed by atoms with E-state index in [0.29, 0.717) is 19.0 Å². The molecule has 1 aromatic carbocycles. The maximum absolute atomic E-state index is 12.4. The summed E-state index contributed by atoms with van der Waals surface area (Å²) in [4.78, 5) is 14.2. The van der Waals surface area contributed by atoms with E-state index < -0.39 is 5.60 Å². The van der Waals surface area contributed by atoms with E-state index in [1.807, 2.05) is 12.1 Å². The zero-order chi connectivity index (χ0) is 17.7. The molecule has 0 saturated carbocycles. The van der Waals surface area contributed by atoms with E-state index in [4.69, 9.17) is 4.74 Å². The van der Waals surface area contributed by atoms with Gasteiger partial charge in [0.25, 0.3) is 0 Å². The molecule has 1 aliphatic rings. The van der Waals surface area contributed by atoms with Crippen LogP contribution < -0.4 is 10.1 Å². The average molecular weight is 334 g/mol. The van der Waals surface area contributed by atoms with E-state index in [0.717, 1.165) is 25.0 Å². The van der Waals surface area contributed by atoms with Crippen molar-refractivity contribution in [3.05, 3.63) is 29.8 Å². The van der Waals surface area contributed by atoms with Crippen molar-refractivity contribution in [2.45, 2.75) is 51.7 Å². The minimum atomic E-state index is -0.859. The van der Waals surface area contributed by atoms with Crippen LogP contribution in [0.25, 0.3) is 0 Å². The number of methoxy groups -OCH3 is 1. The highest BCUT2D eigenvalue weighted by Crippen LogP contribution is 2.26. The van der Waals surface area contributed by atoms with Crippen LogP contribution in [0.15, 0.2) is 24.3 Å². The fourth-order valence-electron chi connectivity index (χ4n) is 3.34. The molecular weight excluding hydrogens is 304 g/mol. The lowest BCUT2D eigenvalue weighted by molar-refractivity contribution is 0.00975. The fraction of sp³-hybridized carbons (Fsp3) is 0.632. The topological polar surface area (TPSA) is 61.8 Å². The number of urea groups is 1. The zero-order valence-electron chi connectivity index (χ0n) is 15.2. The molecule has 0 aromatic heterocycles. The number of hydrogen-bond donors (Lipinski definition) is 2. The zero-order valence-corrected chi connectivity index (χ0v) is 15.2. The molecule has 1 fully saturated rings. The summed E-state index contributed by atoms with van der Waals surface area (Å²) in [6, 6.07) is 7.86. The molecule has 2 atom stereocenters. The second-order valence-electron chi connectivity index (χ2n) is 7.35. The number of carbonyl (C=O) groups is 1. The van der Waals surface area contributed by atoms with Gasteiger partial charge in [0.2, 0.25) is 0 Å². The third-order valence-corrected chi connectivity index (χ3v) is 4.67. The molecule has 1 aromatic rings. The fourth-order valence-corrected chi connectivity index (χ4v) is 3.34. The van der Waals surface area contributed by atoms with E-state index in [9.17, 15) is 9.90 Å². The maximum atomic E-state index is 12.4. The lowest BCUT2D eigenvalue weighted by atomic mass is 9.97. The highest BCUT2D eigenvalue weighted by atomic mass is 16.5. The Labute approximate surface area is 145 Å². The Hall–Kier alpha value is -1.75. The summed E-state index contributed by atoms with van der Waals surface area (Å²) in [5, 5.41) is 13.2. The van der Waals surface area contributed by atoms with Gasteiger partial charge >= 0.3 is 6.03 Å². The Morgan fingerprint density at radius 2 is 2.08 bits per heavy atom. The van der Waals surface area contributed by atoms with Crippen LogP contribution in [0, 0.1) is 5.92 Å². The average Bonchev–Trinajstić information content (AvgIpc) is 3.03. The normalized spacial score (nSPS) is 19.2. The molecule has 2 amide bonds. The summed E-state index contributed by atoms with van der Waals surface area (Å²) < 4.78 is 5.16. The maximum Gasteiger partial charge on any atom is 0.317 e. The van der Waals surface area contributed by atoms with Gasteiger partial charge in [-0.15, -0.1) is 0 Å². The van der Waals surface area contributed by atoms with Crippen molar-refractivity contribution in [3.8, 4) is 5.75 Å². The van der Waals surface area contributed by atoms with Gasteiger partial charge in [-0.1, -0.05) is 19.1 Å². The van der Waals surface area contributed by atoms with Gasteiger partial charge in [0.05, 0.1) is 18.8 Å². The summed E-state index contributed by atoms with van der Waals surface area (Å²) in [5.74, 6) is 1.19. The summed E-state index contributed by atoms with van der Waals surface area (Å²) in [6.07, 6.45) is 2.71. The number of rotatable bonds is 6. The first-order chi connectivity index (χ1) is 11.3. The number of nitrogens with zero attached hydrogens (tertiary/aromatic N) is 1. The van der Waals surface area contributed by atoms with Crippen LogP contribution >= 0.6 is 0 Å². The third-order valence-electron chi connectivity index (χ3n) is 4.67. The monoisotopic (exact) mass is 334 g/mol. The van der Waals surface area contributed by atoms with Gasteiger partial charge in [0.1, 0.15) is 5.75 Å². The largest absolute Gasteiger partial charge is 0.497 e. The molecule has 1 heterocycles. The Kier molecular flexibility index (Phi) is 6.10. The van der Waals surface area contributed by atoms with Crippen LogP contribution in [0.4, 0.5) is 4.79 Å². The van der Waals surface area contributed by atoms with Gasteiger partial charge < -0.3 is 20.1 Å². The highest BCUT2D eigenvalue weighted by Gasteiger charge is 2.38. The molecule has 134 valence electrons. The summed E-state index contributed by atoms with van der Waals surface area (Å²) >= 11 is 0. The number of amides is 2. The van der Waals surface area contributed by atoms with Crippen molar-refractivity contribution >= 4 is 6.03 Å². The highest BCUT2D eigenvalue weighted by molar-refractivity contribution is 5.75. The molecule has 5 heteroatoms. The smallest absolute Gasteiger partial charge is 0.317 e. The van der Waals surface area contributed by atoms with Crippen molar-refractivity contribution in [2.24, 2.45) is 5.92 Å². The molecule has 2 rings (SSSR count). The van der Waals surface area contributed by atoms with Gasteiger partial charge in [0, 0.05) is 13.1 Å². The van der Waals surface area contributed by atoms with Gasteiger partial charge in [-0.25, -0.2) is 4.79 Å². The predicted molar refractivity (Wildman–Crippen MR) is 95.3 cm³/mol. The third kappa shape index (κ3) is 4.87. The van der Waals surface area contributed by atoms with E-state index in [1.54, 1.807) is 25.9 Å². The number of nitrogens with one attached hydrogen (secondary N) is 1. The first-order valence-electron chi connectivity index (χ1n) is 8.71. The van der Waals surface area contributed by atoms with Gasteiger partial charge in [-0.05, 0) is 56.7 Å². The number of likely N-dealkylation sites (tertiary alicyclic amines) is 1. The van der Waals surface area contributed by atoms with Crippen LogP contribution in [0.5, 0.6) is 5.75 Å². The molecule has 2 N–H and O–H groups in total. The van der Waals surface area contributed by atoms with Crippen LogP contribution in [0.3, 0.4) is 0 Å². The van der Waals surface area contributed by atoms with Crippen molar-refractivity contribution in [1.29, 1.82) is 0 Å². The van der Waals surface area contributed by atoms with E-state index >= 15 is 0 Å². The Bertz CT molecular complexity index is 537. The quantitative estimate of drug-likeness (QED) is 0.841. The Balaban J connectivity index is 1.82. The number of aliphatic hydroxyl groups is 1. The lowest BCUT2D eigenvalue weighted by Crippen LogP contribution is -2.52.